The minimum Gasteiger partial charge on any atom is -0.303 e. The Balaban J connectivity index is 3.54. The first-order chi connectivity index (χ1) is 9.35. The summed E-state index contributed by atoms with van der Waals surface area (Å²) >= 11 is 0. The molecular formula is C18H35N. The lowest BCUT2D eigenvalue weighted by atomic mass is 10.2. The van der Waals surface area contributed by atoms with Crippen LogP contribution in [0.2, 0.25) is 0 Å². The van der Waals surface area contributed by atoms with Crippen molar-refractivity contribution >= 4 is 0 Å². The summed E-state index contributed by atoms with van der Waals surface area (Å²) in [4.78, 5) is 2.55. The molecule has 0 aliphatic rings. The molecule has 0 aliphatic carbocycles. The summed E-state index contributed by atoms with van der Waals surface area (Å²) in [6.07, 6.45) is 19.6. The Morgan fingerprint density at radius 3 is 1.42 bits per heavy atom. The first-order valence-corrected chi connectivity index (χ1v) is 8.37. The van der Waals surface area contributed by atoms with Crippen LogP contribution in [0.1, 0.15) is 72.1 Å². The second-order valence-corrected chi connectivity index (χ2v) is 5.24. The van der Waals surface area contributed by atoms with Crippen LogP contribution in [0.5, 0.6) is 0 Å². The monoisotopic (exact) mass is 265 g/mol. The third-order valence-corrected chi connectivity index (χ3v) is 3.45. The van der Waals surface area contributed by atoms with Crippen molar-refractivity contribution in [3.8, 4) is 0 Å². The van der Waals surface area contributed by atoms with Gasteiger partial charge in [-0.25, -0.2) is 0 Å². The highest BCUT2D eigenvalue weighted by Gasteiger charge is 1.98. The normalized spacial score (nSPS) is 12.2. The molecule has 0 amide bonds. The summed E-state index contributed by atoms with van der Waals surface area (Å²) in [6, 6.07) is 0. The number of unbranched alkanes of at least 4 members (excludes halogenated alkanes) is 4. The van der Waals surface area contributed by atoms with Gasteiger partial charge in [-0.2, -0.15) is 0 Å². The molecule has 0 rings (SSSR count). The highest BCUT2D eigenvalue weighted by atomic mass is 15.1. The van der Waals surface area contributed by atoms with E-state index in [1.165, 1.54) is 71.0 Å². The van der Waals surface area contributed by atoms with Gasteiger partial charge in [0.05, 0.1) is 0 Å². The predicted octanol–water partition coefficient (Wildman–Crippen LogP) is 5.58. The van der Waals surface area contributed by atoms with Gasteiger partial charge in [-0.15, -0.1) is 0 Å². The van der Waals surface area contributed by atoms with Crippen LogP contribution in [0, 0.1) is 0 Å². The maximum absolute atomic E-state index is 2.55. The van der Waals surface area contributed by atoms with Crippen molar-refractivity contribution in [1.29, 1.82) is 0 Å². The van der Waals surface area contributed by atoms with Gasteiger partial charge in [0, 0.05) is 13.1 Å². The van der Waals surface area contributed by atoms with Gasteiger partial charge in [0.2, 0.25) is 0 Å². The molecular weight excluding hydrogens is 230 g/mol. The molecule has 112 valence electrons. The van der Waals surface area contributed by atoms with Crippen LogP contribution >= 0.6 is 0 Å². The molecule has 0 heterocycles. The molecule has 0 aromatic heterocycles. The van der Waals surface area contributed by atoms with E-state index in [4.69, 9.17) is 0 Å². The maximum Gasteiger partial charge on any atom is 0.00159 e. The van der Waals surface area contributed by atoms with Crippen LogP contribution in [-0.4, -0.2) is 24.5 Å². The zero-order chi connectivity index (χ0) is 14.2. The summed E-state index contributed by atoms with van der Waals surface area (Å²) in [5, 5.41) is 0. The quantitative estimate of drug-likeness (QED) is 0.310. The van der Waals surface area contributed by atoms with Gasteiger partial charge in [-0.05, 0) is 32.2 Å². The number of rotatable bonds is 13. The van der Waals surface area contributed by atoms with Gasteiger partial charge in [0.25, 0.3) is 0 Å². The minimum absolute atomic E-state index is 1.17. The molecule has 0 saturated carbocycles. The number of hydrogen-bond acceptors (Lipinski definition) is 1. The zero-order valence-electron chi connectivity index (χ0n) is 13.5. The Labute approximate surface area is 121 Å². The molecule has 0 saturated heterocycles. The minimum atomic E-state index is 1.17. The van der Waals surface area contributed by atoms with Crippen LogP contribution in [0.25, 0.3) is 0 Å². The molecule has 0 aromatic rings. The van der Waals surface area contributed by atoms with Gasteiger partial charge >= 0.3 is 0 Å². The van der Waals surface area contributed by atoms with Gasteiger partial charge in [-0.1, -0.05) is 70.8 Å². The van der Waals surface area contributed by atoms with E-state index in [0.717, 1.165) is 0 Å². The van der Waals surface area contributed by atoms with Crippen molar-refractivity contribution < 1.29 is 0 Å². The third-order valence-electron chi connectivity index (χ3n) is 3.45. The lowest BCUT2D eigenvalue weighted by Gasteiger charge is -2.18. The second kappa shape index (κ2) is 15.5. The predicted molar refractivity (Wildman–Crippen MR) is 88.7 cm³/mol. The van der Waals surface area contributed by atoms with Crippen molar-refractivity contribution in [2.75, 3.05) is 19.6 Å². The average molecular weight is 265 g/mol. The summed E-state index contributed by atoms with van der Waals surface area (Å²) in [6.45, 7) is 10.4. The average Bonchev–Trinajstić information content (AvgIpc) is 2.44. The van der Waals surface area contributed by atoms with Gasteiger partial charge in [0.15, 0.2) is 0 Å². The molecule has 1 heteroatoms. The smallest absolute Gasteiger partial charge is 0.00159 e. The lowest BCUT2D eigenvalue weighted by molar-refractivity contribution is 0.299. The fourth-order valence-corrected chi connectivity index (χ4v) is 2.06. The van der Waals surface area contributed by atoms with Crippen LogP contribution in [0.3, 0.4) is 0 Å². The van der Waals surface area contributed by atoms with Crippen molar-refractivity contribution in [3.63, 3.8) is 0 Å². The zero-order valence-corrected chi connectivity index (χ0v) is 13.5. The van der Waals surface area contributed by atoms with Gasteiger partial charge in [-0.3, -0.25) is 0 Å². The molecule has 0 unspecified atom stereocenters. The van der Waals surface area contributed by atoms with Crippen LogP contribution < -0.4 is 0 Å². The van der Waals surface area contributed by atoms with E-state index >= 15 is 0 Å². The molecule has 0 N–H and O–H groups in total. The van der Waals surface area contributed by atoms with E-state index in [9.17, 15) is 0 Å². The molecule has 0 atom stereocenters. The maximum atomic E-state index is 2.55. The summed E-state index contributed by atoms with van der Waals surface area (Å²) in [5.41, 5.74) is 0. The molecule has 1 nitrogen and oxygen atoms in total. The first-order valence-electron chi connectivity index (χ1n) is 8.37. The van der Waals surface area contributed by atoms with E-state index in [1.807, 2.05) is 0 Å². The van der Waals surface area contributed by atoms with Crippen molar-refractivity contribution in [3.05, 3.63) is 24.3 Å². The van der Waals surface area contributed by atoms with E-state index in [1.54, 1.807) is 0 Å². The summed E-state index contributed by atoms with van der Waals surface area (Å²) in [7, 11) is 0. The van der Waals surface area contributed by atoms with Crippen LogP contribution in [0.4, 0.5) is 0 Å². The van der Waals surface area contributed by atoms with Crippen LogP contribution in [0.15, 0.2) is 24.3 Å². The largest absolute Gasteiger partial charge is 0.303 e. The Kier molecular flexibility index (Phi) is 15.0. The Bertz CT molecular complexity index is 196. The van der Waals surface area contributed by atoms with Crippen molar-refractivity contribution in [2.45, 2.75) is 72.1 Å². The molecule has 0 bridgehead atoms. The molecule has 0 fully saturated rings. The van der Waals surface area contributed by atoms with Gasteiger partial charge < -0.3 is 4.90 Å². The number of nitrogens with zero attached hydrogens (tertiary/aromatic N) is 1. The Morgan fingerprint density at radius 1 is 0.632 bits per heavy atom. The van der Waals surface area contributed by atoms with Crippen molar-refractivity contribution in [2.24, 2.45) is 0 Å². The molecule has 0 aromatic carbocycles. The number of allylic oxidation sites excluding steroid dienone is 2. The topological polar surface area (TPSA) is 3.24 Å². The van der Waals surface area contributed by atoms with E-state index in [-0.39, 0.29) is 0 Å². The summed E-state index contributed by atoms with van der Waals surface area (Å²) in [5.74, 6) is 0. The third kappa shape index (κ3) is 13.7. The fourth-order valence-electron chi connectivity index (χ4n) is 2.06. The Hall–Kier alpha value is -0.560. The lowest BCUT2D eigenvalue weighted by Crippen LogP contribution is -2.25. The van der Waals surface area contributed by atoms with E-state index < -0.39 is 0 Å². The fraction of sp³-hybridized carbons (Fsp3) is 0.778. The Morgan fingerprint density at radius 2 is 1.05 bits per heavy atom. The molecule has 19 heavy (non-hydrogen) atoms. The standard InChI is InChI=1S/C18H35N/c1-4-7-9-11-13-15-17-19(6-3)18-16-14-12-10-8-5-2/h11-14H,4-10,15-18H2,1-3H3/b13-11+,14-12+. The highest BCUT2D eigenvalue weighted by molar-refractivity contribution is 4.84. The van der Waals surface area contributed by atoms with E-state index in [0.29, 0.717) is 0 Å². The van der Waals surface area contributed by atoms with Crippen molar-refractivity contribution in [1.82, 2.24) is 4.90 Å². The molecule has 0 aliphatic heterocycles. The SMILES string of the molecule is CCCC/C=C/CCN(CC)CC/C=C/CCCC. The summed E-state index contributed by atoms with van der Waals surface area (Å²) < 4.78 is 0. The highest BCUT2D eigenvalue weighted by Crippen LogP contribution is 2.00. The first kappa shape index (κ1) is 18.4. The molecule has 0 radical (unpaired) electrons. The van der Waals surface area contributed by atoms with E-state index in [2.05, 4.69) is 50.0 Å². The van der Waals surface area contributed by atoms with Crippen LogP contribution in [-0.2, 0) is 0 Å². The molecule has 0 spiro atoms. The van der Waals surface area contributed by atoms with Gasteiger partial charge in [0.1, 0.15) is 0 Å². The number of hydrogen-bond donors (Lipinski definition) is 0. The second-order valence-electron chi connectivity index (χ2n) is 5.24.